The minimum absolute atomic E-state index is 0.103. The summed E-state index contributed by atoms with van der Waals surface area (Å²) in [6, 6.07) is 0. The lowest BCUT2D eigenvalue weighted by molar-refractivity contribution is 0.0951. The highest BCUT2D eigenvalue weighted by Gasteiger charge is 2.18. The molecule has 0 saturated heterocycles. The molecule has 0 aromatic carbocycles. The number of amides is 1. The van der Waals surface area contributed by atoms with E-state index in [1.54, 1.807) is 6.92 Å². The van der Waals surface area contributed by atoms with Crippen LogP contribution in [0.3, 0.4) is 0 Å². The smallest absolute Gasteiger partial charge is 0.256 e. The number of likely N-dealkylation sites (N-methyl/N-ethyl adjacent to an activating group) is 1. The van der Waals surface area contributed by atoms with Crippen LogP contribution in [0.5, 0.6) is 0 Å². The van der Waals surface area contributed by atoms with Crippen molar-refractivity contribution in [2.24, 2.45) is 0 Å². The van der Waals surface area contributed by atoms with Crippen LogP contribution in [0, 0.1) is 6.92 Å². The van der Waals surface area contributed by atoms with Gasteiger partial charge in [0.15, 0.2) is 0 Å². The number of carbonyl (C=O) groups is 1. The van der Waals surface area contributed by atoms with Crippen LogP contribution in [0.15, 0.2) is 4.52 Å². The van der Waals surface area contributed by atoms with E-state index in [2.05, 4.69) is 15.8 Å². The molecule has 2 N–H and O–H groups in total. The zero-order valence-corrected chi connectivity index (χ0v) is 10.1. The second-order valence-electron chi connectivity index (χ2n) is 3.53. The second kappa shape index (κ2) is 6.27. The van der Waals surface area contributed by atoms with Gasteiger partial charge in [-0.25, -0.2) is 0 Å². The van der Waals surface area contributed by atoms with Gasteiger partial charge in [0.2, 0.25) is 0 Å². The van der Waals surface area contributed by atoms with Crippen LogP contribution in [-0.4, -0.2) is 30.7 Å². The van der Waals surface area contributed by atoms with E-state index in [0.717, 1.165) is 13.1 Å². The van der Waals surface area contributed by atoms with Crippen molar-refractivity contribution in [1.29, 1.82) is 0 Å². The number of carbonyl (C=O) groups excluding carboxylic acids is 1. The highest BCUT2D eigenvalue weighted by atomic mass is 16.5. The van der Waals surface area contributed by atoms with Gasteiger partial charge in [-0.3, -0.25) is 4.79 Å². The van der Waals surface area contributed by atoms with E-state index >= 15 is 0 Å². The number of hydrogen-bond donors (Lipinski definition) is 2. The Morgan fingerprint density at radius 2 is 2.12 bits per heavy atom. The first-order valence-corrected chi connectivity index (χ1v) is 5.64. The lowest BCUT2D eigenvalue weighted by Gasteiger charge is -2.05. The van der Waals surface area contributed by atoms with Crippen LogP contribution in [0.1, 0.15) is 35.7 Å². The molecule has 1 heterocycles. The highest BCUT2D eigenvalue weighted by Crippen LogP contribution is 2.13. The molecule has 0 unspecified atom stereocenters. The van der Waals surface area contributed by atoms with Gasteiger partial charge >= 0.3 is 0 Å². The Bertz CT molecular complexity index is 347. The number of aromatic nitrogens is 1. The Morgan fingerprint density at radius 3 is 2.75 bits per heavy atom. The van der Waals surface area contributed by atoms with Crippen molar-refractivity contribution >= 4 is 5.91 Å². The Hall–Kier alpha value is -1.36. The molecule has 16 heavy (non-hydrogen) atoms. The highest BCUT2D eigenvalue weighted by molar-refractivity contribution is 5.96. The summed E-state index contributed by atoms with van der Waals surface area (Å²) >= 11 is 0. The zero-order chi connectivity index (χ0) is 12.0. The quantitative estimate of drug-likeness (QED) is 0.705. The van der Waals surface area contributed by atoms with Crippen molar-refractivity contribution in [3.63, 3.8) is 0 Å². The lowest BCUT2D eigenvalue weighted by Crippen LogP contribution is -2.32. The van der Waals surface area contributed by atoms with Gasteiger partial charge in [-0.1, -0.05) is 19.0 Å². The van der Waals surface area contributed by atoms with Gasteiger partial charge in [-0.2, -0.15) is 0 Å². The van der Waals surface area contributed by atoms with E-state index in [4.69, 9.17) is 4.52 Å². The fourth-order valence-electron chi connectivity index (χ4n) is 1.48. The first kappa shape index (κ1) is 12.7. The molecule has 0 spiro atoms. The molecular weight excluding hydrogens is 206 g/mol. The average Bonchev–Trinajstić information content (AvgIpc) is 2.65. The van der Waals surface area contributed by atoms with Crippen molar-refractivity contribution in [3.8, 4) is 0 Å². The molecule has 5 heteroatoms. The number of nitrogens with one attached hydrogen (secondary N) is 2. The third kappa shape index (κ3) is 3.06. The molecule has 90 valence electrons. The number of rotatable bonds is 6. The van der Waals surface area contributed by atoms with E-state index in [0.29, 0.717) is 30.0 Å². The normalized spacial score (nSPS) is 10.4. The standard InChI is InChI=1S/C11H19N3O2/c1-4-9-10(8(3)14-16-9)11(15)13-7-6-12-5-2/h12H,4-7H2,1-3H3,(H,13,15). The first-order valence-electron chi connectivity index (χ1n) is 5.64. The van der Waals surface area contributed by atoms with Gasteiger partial charge in [-0.15, -0.1) is 0 Å². The molecule has 1 aromatic heterocycles. The molecule has 1 aromatic rings. The first-order chi connectivity index (χ1) is 7.70. The minimum Gasteiger partial charge on any atom is -0.360 e. The van der Waals surface area contributed by atoms with Crippen LogP contribution in [0.4, 0.5) is 0 Å². The largest absolute Gasteiger partial charge is 0.360 e. The van der Waals surface area contributed by atoms with Gasteiger partial charge in [-0.05, 0) is 13.5 Å². The van der Waals surface area contributed by atoms with Crippen LogP contribution in [0.2, 0.25) is 0 Å². The summed E-state index contributed by atoms with van der Waals surface area (Å²) in [4.78, 5) is 11.8. The summed E-state index contributed by atoms with van der Waals surface area (Å²) in [6.45, 7) is 8.04. The number of hydrogen-bond acceptors (Lipinski definition) is 4. The van der Waals surface area contributed by atoms with Crippen molar-refractivity contribution in [2.45, 2.75) is 27.2 Å². The molecule has 0 atom stereocenters. The maximum Gasteiger partial charge on any atom is 0.256 e. The summed E-state index contributed by atoms with van der Waals surface area (Å²) < 4.78 is 5.07. The molecule has 0 radical (unpaired) electrons. The fourth-order valence-corrected chi connectivity index (χ4v) is 1.48. The van der Waals surface area contributed by atoms with Crippen LogP contribution < -0.4 is 10.6 Å². The Kier molecular flexibility index (Phi) is 4.98. The minimum atomic E-state index is -0.103. The fraction of sp³-hybridized carbons (Fsp3) is 0.636. The number of aryl methyl sites for hydroxylation is 2. The van der Waals surface area contributed by atoms with Gasteiger partial charge in [0.05, 0.1) is 5.69 Å². The van der Waals surface area contributed by atoms with Crippen LogP contribution in [-0.2, 0) is 6.42 Å². The lowest BCUT2D eigenvalue weighted by atomic mass is 10.1. The molecule has 0 aliphatic heterocycles. The monoisotopic (exact) mass is 225 g/mol. The van der Waals surface area contributed by atoms with Crippen molar-refractivity contribution in [2.75, 3.05) is 19.6 Å². The molecule has 0 aliphatic rings. The Morgan fingerprint density at radius 1 is 1.38 bits per heavy atom. The summed E-state index contributed by atoms with van der Waals surface area (Å²) in [5, 5.41) is 9.77. The molecule has 0 bridgehead atoms. The molecule has 5 nitrogen and oxygen atoms in total. The molecular formula is C11H19N3O2. The topological polar surface area (TPSA) is 67.2 Å². The van der Waals surface area contributed by atoms with Crippen molar-refractivity contribution in [3.05, 3.63) is 17.0 Å². The van der Waals surface area contributed by atoms with Gasteiger partial charge in [0.1, 0.15) is 11.3 Å². The van der Waals surface area contributed by atoms with E-state index < -0.39 is 0 Å². The maximum absolute atomic E-state index is 11.8. The Labute approximate surface area is 95.6 Å². The van der Waals surface area contributed by atoms with Crippen LogP contribution in [0.25, 0.3) is 0 Å². The van der Waals surface area contributed by atoms with E-state index in [1.807, 2.05) is 13.8 Å². The summed E-state index contributed by atoms with van der Waals surface area (Å²) in [7, 11) is 0. The second-order valence-corrected chi connectivity index (χ2v) is 3.53. The molecule has 1 amide bonds. The van der Waals surface area contributed by atoms with E-state index in [9.17, 15) is 4.79 Å². The van der Waals surface area contributed by atoms with Crippen molar-refractivity contribution in [1.82, 2.24) is 15.8 Å². The molecule has 1 rings (SSSR count). The molecule has 0 fully saturated rings. The Balaban J connectivity index is 2.55. The summed E-state index contributed by atoms with van der Waals surface area (Å²) in [5.41, 5.74) is 1.23. The average molecular weight is 225 g/mol. The van der Waals surface area contributed by atoms with Gasteiger partial charge < -0.3 is 15.2 Å². The zero-order valence-electron chi connectivity index (χ0n) is 10.1. The maximum atomic E-state index is 11.8. The van der Waals surface area contributed by atoms with Gasteiger partial charge in [0.25, 0.3) is 5.91 Å². The summed E-state index contributed by atoms with van der Waals surface area (Å²) in [5.74, 6) is 0.548. The third-order valence-electron chi connectivity index (χ3n) is 2.32. The SMILES string of the molecule is CCNCCNC(=O)c1c(C)noc1CC. The third-order valence-corrected chi connectivity index (χ3v) is 2.32. The van der Waals surface area contributed by atoms with E-state index in [-0.39, 0.29) is 5.91 Å². The van der Waals surface area contributed by atoms with E-state index in [1.165, 1.54) is 0 Å². The number of nitrogens with zero attached hydrogens (tertiary/aromatic N) is 1. The van der Waals surface area contributed by atoms with Gasteiger partial charge in [0, 0.05) is 19.5 Å². The molecule has 0 saturated carbocycles. The predicted molar refractivity (Wildman–Crippen MR) is 61.5 cm³/mol. The van der Waals surface area contributed by atoms with Crippen LogP contribution >= 0.6 is 0 Å². The summed E-state index contributed by atoms with van der Waals surface area (Å²) in [6.07, 6.45) is 0.677. The van der Waals surface area contributed by atoms with Crippen molar-refractivity contribution < 1.29 is 9.32 Å². The molecule has 0 aliphatic carbocycles. The predicted octanol–water partition coefficient (Wildman–Crippen LogP) is 0.885.